The standard InChI is InChI=1S/C37H43N7O6/c1-22-8-11-28(35(47)48)20-30(22)27-7-5-6-24(18-27)19-31(34(46)39-29-16-14-25(15-17-29)32-41-43-44-42-32)40-33(45)26-12-9-23(10-13-26)21-38-36(49)50-37(2,3)4/h5-8,11,14-18,20,23,26,31H,9-10,12-13,19,21H2,1-4H3,(H,38,49)(H,39,46)(H,40,45)(H,47,48)(H,41,42,43,44). The van der Waals surface area contributed by atoms with Crippen LogP contribution in [0.5, 0.6) is 0 Å². The Hall–Kier alpha value is -5.59. The minimum atomic E-state index is -1.01. The van der Waals surface area contributed by atoms with E-state index in [0.717, 1.165) is 40.7 Å². The van der Waals surface area contributed by atoms with Gasteiger partial charge in [0.05, 0.1) is 5.56 Å². The van der Waals surface area contributed by atoms with Crippen molar-refractivity contribution in [3.63, 3.8) is 0 Å². The minimum Gasteiger partial charge on any atom is -0.478 e. The maximum Gasteiger partial charge on any atom is 0.407 e. The summed E-state index contributed by atoms with van der Waals surface area (Å²) in [6.07, 6.45) is 2.53. The van der Waals surface area contributed by atoms with Crippen molar-refractivity contribution >= 4 is 29.6 Å². The molecule has 0 spiro atoms. The second kappa shape index (κ2) is 15.7. The number of aromatic amines is 1. The van der Waals surface area contributed by atoms with Gasteiger partial charge < -0.3 is 25.8 Å². The zero-order valence-electron chi connectivity index (χ0n) is 28.7. The van der Waals surface area contributed by atoms with Crippen LogP contribution in [-0.2, 0) is 20.7 Å². The number of hydrogen-bond donors (Lipinski definition) is 5. The van der Waals surface area contributed by atoms with E-state index in [4.69, 9.17) is 4.74 Å². The van der Waals surface area contributed by atoms with Gasteiger partial charge in [-0.25, -0.2) is 9.59 Å². The third-order valence-electron chi connectivity index (χ3n) is 8.70. The Labute approximate surface area is 290 Å². The lowest BCUT2D eigenvalue weighted by molar-refractivity contribution is -0.130. The number of carbonyl (C=O) groups is 4. The number of rotatable bonds is 11. The van der Waals surface area contributed by atoms with Gasteiger partial charge in [-0.2, -0.15) is 5.21 Å². The van der Waals surface area contributed by atoms with Crippen LogP contribution in [0.4, 0.5) is 10.5 Å². The number of tetrazole rings is 1. The first-order valence-electron chi connectivity index (χ1n) is 16.7. The van der Waals surface area contributed by atoms with Gasteiger partial charge in [0.1, 0.15) is 11.6 Å². The Bertz CT molecular complexity index is 1810. The number of nitrogens with zero attached hydrogens (tertiary/aromatic N) is 3. The van der Waals surface area contributed by atoms with Crippen molar-refractivity contribution in [3.8, 4) is 22.5 Å². The topological polar surface area (TPSA) is 188 Å². The number of benzene rings is 3. The monoisotopic (exact) mass is 681 g/mol. The molecule has 1 aliphatic rings. The maximum absolute atomic E-state index is 13.8. The van der Waals surface area contributed by atoms with Gasteiger partial charge in [-0.05, 0) is 123 Å². The largest absolute Gasteiger partial charge is 0.478 e. The average Bonchev–Trinajstić information content (AvgIpc) is 3.62. The van der Waals surface area contributed by atoms with Crippen molar-refractivity contribution in [1.29, 1.82) is 0 Å². The number of alkyl carbamates (subject to hydrolysis) is 1. The van der Waals surface area contributed by atoms with E-state index in [0.29, 0.717) is 30.9 Å². The van der Waals surface area contributed by atoms with Gasteiger partial charge in [-0.3, -0.25) is 9.59 Å². The van der Waals surface area contributed by atoms with Crippen LogP contribution >= 0.6 is 0 Å². The highest BCUT2D eigenvalue weighted by atomic mass is 16.6. The molecule has 0 aliphatic heterocycles. The molecule has 0 bridgehead atoms. The molecule has 1 atom stereocenters. The number of H-pyrrole nitrogens is 1. The molecule has 1 aliphatic carbocycles. The SMILES string of the molecule is Cc1ccc(C(=O)O)cc1-c1cccc(CC(NC(=O)C2CCC(CNC(=O)OC(C)(C)C)CC2)C(=O)Nc2ccc(-c3nn[nH]n3)cc2)c1. The van der Waals surface area contributed by atoms with Gasteiger partial charge in [-0.15, -0.1) is 10.2 Å². The summed E-state index contributed by atoms with van der Waals surface area (Å²) in [6.45, 7) is 7.84. The Balaban J connectivity index is 1.29. The zero-order valence-corrected chi connectivity index (χ0v) is 28.7. The number of aromatic nitrogens is 4. The molecule has 1 fully saturated rings. The number of amides is 3. The Morgan fingerprint density at radius 2 is 1.70 bits per heavy atom. The van der Waals surface area contributed by atoms with E-state index in [9.17, 15) is 24.3 Å². The summed E-state index contributed by atoms with van der Waals surface area (Å²) < 4.78 is 5.34. The highest BCUT2D eigenvalue weighted by Gasteiger charge is 2.30. The predicted molar refractivity (Wildman–Crippen MR) is 187 cm³/mol. The second-order valence-electron chi connectivity index (χ2n) is 13.7. The van der Waals surface area contributed by atoms with Gasteiger partial charge in [0.25, 0.3) is 0 Å². The summed E-state index contributed by atoms with van der Waals surface area (Å²) >= 11 is 0. The molecule has 0 radical (unpaired) electrons. The molecule has 3 aromatic carbocycles. The number of nitrogens with one attached hydrogen (secondary N) is 4. The van der Waals surface area contributed by atoms with Crippen LogP contribution in [0, 0.1) is 18.8 Å². The molecule has 3 amide bonds. The summed E-state index contributed by atoms with van der Waals surface area (Å²) in [7, 11) is 0. The second-order valence-corrected chi connectivity index (χ2v) is 13.7. The first kappa shape index (κ1) is 35.7. The fraction of sp³-hybridized carbons (Fsp3) is 0.378. The van der Waals surface area contributed by atoms with E-state index in [1.165, 1.54) is 0 Å². The summed E-state index contributed by atoms with van der Waals surface area (Å²) in [4.78, 5) is 51.2. The molecule has 5 N–H and O–H groups in total. The number of carboxylic acids is 1. The molecule has 13 nitrogen and oxygen atoms in total. The quantitative estimate of drug-likeness (QED) is 0.135. The molecule has 0 saturated heterocycles. The fourth-order valence-corrected chi connectivity index (χ4v) is 6.05. The molecule has 50 heavy (non-hydrogen) atoms. The third kappa shape index (κ3) is 9.74. The van der Waals surface area contributed by atoms with Crippen molar-refractivity contribution in [2.45, 2.75) is 71.4 Å². The van der Waals surface area contributed by atoms with Gasteiger partial charge >= 0.3 is 12.1 Å². The molecule has 1 saturated carbocycles. The van der Waals surface area contributed by atoms with Crippen LogP contribution in [0.2, 0.25) is 0 Å². The number of ether oxygens (including phenoxy) is 1. The van der Waals surface area contributed by atoms with E-state index >= 15 is 0 Å². The molecule has 1 unspecified atom stereocenters. The van der Waals surface area contributed by atoms with Crippen LogP contribution in [-0.4, -0.2) is 67.8 Å². The van der Waals surface area contributed by atoms with Crippen molar-refractivity contribution in [3.05, 3.63) is 83.4 Å². The summed E-state index contributed by atoms with van der Waals surface area (Å²) in [5.41, 5.74) is 4.16. The van der Waals surface area contributed by atoms with Crippen LogP contribution in [0.15, 0.2) is 66.7 Å². The summed E-state index contributed by atoms with van der Waals surface area (Å²) in [5, 5.41) is 32.3. The number of carboxylic acid groups (broad SMARTS) is 1. The van der Waals surface area contributed by atoms with E-state index in [-0.39, 0.29) is 35.6 Å². The highest BCUT2D eigenvalue weighted by molar-refractivity contribution is 5.98. The first-order chi connectivity index (χ1) is 23.8. The molecule has 1 heterocycles. The number of anilines is 1. The molecule has 262 valence electrons. The normalized spacial score (nSPS) is 16.6. The van der Waals surface area contributed by atoms with E-state index in [1.54, 1.807) is 42.5 Å². The summed E-state index contributed by atoms with van der Waals surface area (Å²) in [5.74, 6) is -1.21. The van der Waals surface area contributed by atoms with E-state index in [2.05, 4.69) is 36.6 Å². The highest BCUT2D eigenvalue weighted by Crippen LogP contribution is 2.30. The fourth-order valence-electron chi connectivity index (χ4n) is 6.05. The third-order valence-corrected chi connectivity index (χ3v) is 8.70. The molecule has 5 rings (SSSR count). The lowest BCUT2D eigenvalue weighted by atomic mass is 9.81. The average molecular weight is 682 g/mol. The summed E-state index contributed by atoms with van der Waals surface area (Å²) in [6, 6.07) is 18.6. The number of hydrogen-bond acceptors (Lipinski definition) is 8. The lowest BCUT2D eigenvalue weighted by Gasteiger charge is -2.29. The number of carbonyl (C=O) groups excluding carboxylic acids is 3. The van der Waals surface area contributed by atoms with Gasteiger partial charge in [0.15, 0.2) is 0 Å². The number of aryl methyl sites for hydroxylation is 1. The van der Waals surface area contributed by atoms with E-state index < -0.39 is 23.7 Å². The van der Waals surface area contributed by atoms with Crippen LogP contribution in [0.25, 0.3) is 22.5 Å². The Morgan fingerprint density at radius 1 is 0.960 bits per heavy atom. The van der Waals surface area contributed by atoms with Crippen molar-refractivity contribution in [2.24, 2.45) is 11.8 Å². The van der Waals surface area contributed by atoms with Gasteiger partial charge in [0.2, 0.25) is 17.6 Å². The first-order valence-corrected chi connectivity index (χ1v) is 16.7. The van der Waals surface area contributed by atoms with Gasteiger partial charge in [0, 0.05) is 30.1 Å². The van der Waals surface area contributed by atoms with Crippen LogP contribution in [0.1, 0.15) is 67.9 Å². The lowest BCUT2D eigenvalue weighted by Crippen LogP contribution is -2.48. The van der Waals surface area contributed by atoms with Crippen molar-refractivity contribution in [2.75, 3.05) is 11.9 Å². The van der Waals surface area contributed by atoms with Crippen LogP contribution in [0.3, 0.4) is 0 Å². The molecule has 1 aromatic heterocycles. The Kier molecular flexibility index (Phi) is 11.2. The molecular formula is C37H43N7O6. The smallest absolute Gasteiger partial charge is 0.407 e. The van der Waals surface area contributed by atoms with Crippen molar-refractivity contribution in [1.82, 2.24) is 31.3 Å². The van der Waals surface area contributed by atoms with Crippen LogP contribution < -0.4 is 16.0 Å². The molecule has 4 aromatic rings. The predicted octanol–water partition coefficient (Wildman–Crippen LogP) is 5.54. The zero-order chi connectivity index (χ0) is 35.8. The molecular weight excluding hydrogens is 638 g/mol. The maximum atomic E-state index is 13.8. The number of aromatic carboxylic acids is 1. The van der Waals surface area contributed by atoms with Crippen molar-refractivity contribution < 1.29 is 29.0 Å². The molecule has 13 heteroatoms. The van der Waals surface area contributed by atoms with Gasteiger partial charge in [-0.1, -0.05) is 30.3 Å². The Morgan fingerprint density at radius 3 is 2.36 bits per heavy atom. The minimum absolute atomic E-state index is 0.182. The van der Waals surface area contributed by atoms with E-state index in [1.807, 2.05) is 52.0 Å².